The average Bonchev–Trinajstić information content (AvgIpc) is 3.14. The first-order chi connectivity index (χ1) is 16.2. The van der Waals surface area contributed by atoms with E-state index in [1.54, 1.807) is 10.7 Å². The Morgan fingerprint density at radius 1 is 0.824 bits per heavy atom. The molecule has 5 heteroatoms. The zero-order chi connectivity index (χ0) is 23.8. The molecule has 0 bridgehead atoms. The summed E-state index contributed by atoms with van der Waals surface area (Å²) in [5.41, 5.74) is 8.08. The van der Waals surface area contributed by atoms with Gasteiger partial charge in [-0.1, -0.05) is 0 Å². The number of pyridine rings is 1. The van der Waals surface area contributed by atoms with Gasteiger partial charge in [0, 0.05) is 0 Å². The molecule has 0 aliphatic heterocycles. The fourth-order valence-corrected chi connectivity index (χ4v) is 11.0. The molecular formula is C29H27GeN3O. The fourth-order valence-electron chi connectivity index (χ4n) is 5.71. The first-order valence-corrected chi connectivity index (χ1v) is 19.1. The van der Waals surface area contributed by atoms with E-state index in [1.165, 1.54) is 21.9 Å². The van der Waals surface area contributed by atoms with Crippen molar-refractivity contribution in [1.82, 2.24) is 15.0 Å². The molecule has 0 unspecified atom stereocenters. The number of hydrogen-bond acceptors (Lipinski definition) is 4. The van der Waals surface area contributed by atoms with Crippen LogP contribution in [0.2, 0.25) is 17.3 Å². The molecule has 0 N–H and O–H groups in total. The summed E-state index contributed by atoms with van der Waals surface area (Å²) in [6, 6.07) is 17.1. The molecule has 3 heterocycles. The van der Waals surface area contributed by atoms with Gasteiger partial charge < -0.3 is 0 Å². The van der Waals surface area contributed by atoms with Gasteiger partial charge in [-0.15, -0.1) is 0 Å². The Morgan fingerprint density at radius 2 is 1.62 bits per heavy atom. The van der Waals surface area contributed by atoms with Crippen LogP contribution in [0, 0.1) is 20.8 Å². The number of fused-ring (bicyclic) bond motifs is 6. The van der Waals surface area contributed by atoms with E-state index >= 15 is 0 Å². The number of benzene rings is 3. The van der Waals surface area contributed by atoms with Gasteiger partial charge in [0.2, 0.25) is 0 Å². The zero-order valence-electron chi connectivity index (χ0n) is 20.4. The van der Waals surface area contributed by atoms with E-state index in [0.29, 0.717) is 5.71 Å². The first kappa shape index (κ1) is 21.3. The summed E-state index contributed by atoms with van der Waals surface area (Å²) in [7, 11) is 0. The van der Waals surface area contributed by atoms with Gasteiger partial charge in [-0.25, -0.2) is 0 Å². The van der Waals surface area contributed by atoms with Crippen molar-refractivity contribution < 1.29 is 4.42 Å². The van der Waals surface area contributed by atoms with Crippen molar-refractivity contribution in [3.05, 3.63) is 71.7 Å². The molecule has 0 radical (unpaired) electrons. The SMILES string of the molecule is Cc1ccc2c(n1)oc1c(-c3ncnc4c3ccc3cc(C)[c]([Ge]([CH3])([CH3])[CH3])c(C)c34)cccc12. The Labute approximate surface area is 201 Å². The second-order valence-corrected chi connectivity index (χ2v) is 20.8. The maximum absolute atomic E-state index is 6.29. The van der Waals surface area contributed by atoms with Gasteiger partial charge in [-0.2, -0.15) is 0 Å². The quantitative estimate of drug-likeness (QED) is 0.184. The summed E-state index contributed by atoms with van der Waals surface area (Å²) in [6.45, 7) is 6.51. The molecule has 6 aromatic rings. The number of aryl methyl sites for hydroxylation is 3. The van der Waals surface area contributed by atoms with E-state index in [-0.39, 0.29) is 0 Å². The molecule has 0 spiro atoms. The minimum absolute atomic E-state index is 0.666. The Balaban J connectivity index is 1.71. The van der Waals surface area contributed by atoms with Gasteiger partial charge in [0.25, 0.3) is 0 Å². The van der Waals surface area contributed by atoms with Gasteiger partial charge in [0.05, 0.1) is 0 Å². The van der Waals surface area contributed by atoms with Crippen LogP contribution in [0.5, 0.6) is 0 Å². The Bertz CT molecular complexity index is 1780. The first-order valence-electron chi connectivity index (χ1n) is 11.7. The molecule has 0 saturated carbocycles. The van der Waals surface area contributed by atoms with Crippen molar-refractivity contribution in [2.24, 2.45) is 0 Å². The van der Waals surface area contributed by atoms with Crippen LogP contribution in [0.15, 0.2) is 59.3 Å². The maximum atomic E-state index is 6.29. The average molecular weight is 506 g/mol. The molecule has 3 aromatic heterocycles. The molecule has 0 amide bonds. The topological polar surface area (TPSA) is 51.8 Å². The monoisotopic (exact) mass is 507 g/mol. The summed E-state index contributed by atoms with van der Waals surface area (Å²) < 4.78 is 7.86. The van der Waals surface area contributed by atoms with Crippen molar-refractivity contribution in [3.63, 3.8) is 0 Å². The van der Waals surface area contributed by atoms with E-state index in [4.69, 9.17) is 14.4 Å². The number of hydrogen-bond donors (Lipinski definition) is 0. The number of nitrogens with zero attached hydrogens (tertiary/aromatic N) is 3. The molecule has 34 heavy (non-hydrogen) atoms. The second-order valence-electron chi connectivity index (χ2n) is 10.3. The van der Waals surface area contributed by atoms with Gasteiger partial charge in [-0.3, -0.25) is 0 Å². The van der Waals surface area contributed by atoms with Crippen LogP contribution in [-0.2, 0) is 0 Å². The summed E-state index contributed by atoms with van der Waals surface area (Å²) in [6.07, 6.45) is 1.69. The van der Waals surface area contributed by atoms with Crippen LogP contribution in [-0.4, -0.2) is 28.2 Å². The molecule has 0 saturated heterocycles. The number of rotatable bonds is 2. The Hall–Kier alpha value is -3.25. The van der Waals surface area contributed by atoms with Gasteiger partial charge in [0.1, 0.15) is 0 Å². The van der Waals surface area contributed by atoms with Crippen LogP contribution in [0.3, 0.4) is 0 Å². The Morgan fingerprint density at radius 3 is 2.41 bits per heavy atom. The van der Waals surface area contributed by atoms with Gasteiger partial charge in [0.15, 0.2) is 0 Å². The second kappa shape index (κ2) is 7.37. The molecule has 0 fully saturated rings. The van der Waals surface area contributed by atoms with Crippen molar-refractivity contribution >= 4 is 61.4 Å². The third kappa shape index (κ3) is 3.08. The number of furan rings is 1. The normalized spacial score (nSPS) is 12.4. The summed E-state index contributed by atoms with van der Waals surface area (Å²) in [5.74, 6) is 7.39. The third-order valence-corrected chi connectivity index (χ3v) is 11.6. The molecule has 3 aromatic carbocycles. The van der Waals surface area contributed by atoms with Gasteiger partial charge in [-0.05, 0) is 6.92 Å². The number of aromatic nitrogens is 3. The predicted molar refractivity (Wildman–Crippen MR) is 145 cm³/mol. The molecule has 0 atom stereocenters. The van der Waals surface area contributed by atoms with E-state index < -0.39 is 13.3 Å². The van der Waals surface area contributed by atoms with E-state index in [2.05, 4.69) is 78.6 Å². The fraction of sp³-hybridized carbons (Fsp3) is 0.207. The molecule has 4 nitrogen and oxygen atoms in total. The van der Waals surface area contributed by atoms with Crippen molar-refractivity contribution in [2.45, 2.75) is 38.0 Å². The van der Waals surface area contributed by atoms with Crippen LogP contribution in [0.1, 0.15) is 16.8 Å². The standard InChI is InChI=1S/C29H27GeN3O/c1-16-14-19-11-13-22-26(31-15-32-27(22)24(19)18(3)25(16)30(4,5)6)23-9-7-8-20-21-12-10-17(2)33-29(21)34-28(20)23/h7-15H,1-6H3. The summed E-state index contributed by atoms with van der Waals surface area (Å²) >= 11 is -2.08. The molecule has 0 aliphatic carbocycles. The Kier molecular flexibility index (Phi) is 4.62. The van der Waals surface area contributed by atoms with Crippen LogP contribution in [0.25, 0.3) is 55.0 Å². The van der Waals surface area contributed by atoms with Crippen LogP contribution in [0.4, 0.5) is 0 Å². The summed E-state index contributed by atoms with van der Waals surface area (Å²) in [4.78, 5) is 14.2. The minimum atomic E-state index is -2.08. The van der Waals surface area contributed by atoms with Gasteiger partial charge >= 0.3 is 195 Å². The van der Waals surface area contributed by atoms with Crippen molar-refractivity contribution in [3.8, 4) is 11.3 Å². The molecule has 0 aliphatic rings. The van der Waals surface area contributed by atoms with Crippen molar-refractivity contribution in [2.75, 3.05) is 0 Å². The van der Waals surface area contributed by atoms with Crippen LogP contribution >= 0.6 is 0 Å². The van der Waals surface area contributed by atoms with Crippen LogP contribution < -0.4 is 4.40 Å². The number of para-hydroxylation sites is 1. The molecule has 168 valence electrons. The molecular weight excluding hydrogens is 479 g/mol. The van der Waals surface area contributed by atoms with E-state index in [1.807, 2.05) is 13.0 Å². The third-order valence-electron chi connectivity index (χ3n) is 6.86. The van der Waals surface area contributed by atoms with Crippen molar-refractivity contribution in [1.29, 1.82) is 0 Å². The summed E-state index contributed by atoms with van der Waals surface area (Å²) in [5, 5.41) is 5.62. The predicted octanol–water partition coefficient (Wildman–Crippen LogP) is 7.21. The van der Waals surface area contributed by atoms with E-state index in [0.717, 1.165) is 44.2 Å². The van der Waals surface area contributed by atoms with E-state index in [9.17, 15) is 0 Å². The zero-order valence-corrected chi connectivity index (χ0v) is 22.5. The molecule has 6 rings (SSSR count).